The molecule has 2 N–H and O–H groups in total. The minimum Gasteiger partial charge on any atom is -0.379 e. The first-order valence-electron chi connectivity index (χ1n) is 5.60. The van der Waals surface area contributed by atoms with Gasteiger partial charge in [0.15, 0.2) is 0 Å². The number of rotatable bonds is 4. The Morgan fingerprint density at radius 3 is 2.83 bits per heavy atom. The van der Waals surface area contributed by atoms with Crippen LogP contribution in [0.5, 0.6) is 0 Å². The van der Waals surface area contributed by atoms with Crippen molar-refractivity contribution in [2.45, 2.75) is 13.5 Å². The van der Waals surface area contributed by atoms with Crippen LogP contribution in [0.4, 0.5) is 11.4 Å². The second-order valence-electron chi connectivity index (χ2n) is 3.82. The van der Waals surface area contributed by atoms with Crippen molar-refractivity contribution in [2.24, 2.45) is 0 Å². The smallest absolute Gasteiger partial charge is 0.221 e. The van der Waals surface area contributed by atoms with Crippen molar-refractivity contribution < 1.29 is 4.79 Å². The van der Waals surface area contributed by atoms with E-state index in [1.54, 1.807) is 6.20 Å². The fraction of sp³-hybridized carbons (Fsp3) is 0.154. The Labute approximate surface area is 105 Å². The van der Waals surface area contributed by atoms with Gasteiger partial charge in [-0.3, -0.25) is 4.79 Å². The van der Waals surface area contributed by atoms with Gasteiger partial charge in [0.1, 0.15) is 6.33 Å². The SMILES string of the molecule is CC(=O)Nc1cccc(NCc2ccncn2)c1. The summed E-state index contributed by atoms with van der Waals surface area (Å²) in [7, 11) is 0. The van der Waals surface area contributed by atoms with Crippen LogP contribution in [0.1, 0.15) is 12.6 Å². The van der Waals surface area contributed by atoms with Gasteiger partial charge in [-0.2, -0.15) is 0 Å². The molecule has 0 aliphatic rings. The van der Waals surface area contributed by atoms with Crippen molar-refractivity contribution in [1.82, 2.24) is 9.97 Å². The highest BCUT2D eigenvalue weighted by Gasteiger charge is 1.98. The summed E-state index contributed by atoms with van der Waals surface area (Å²) >= 11 is 0. The van der Waals surface area contributed by atoms with E-state index in [2.05, 4.69) is 20.6 Å². The second kappa shape index (κ2) is 5.77. The van der Waals surface area contributed by atoms with E-state index in [1.807, 2.05) is 30.3 Å². The minimum atomic E-state index is -0.0806. The van der Waals surface area contributed by atoms with Gasteiger partial charge in [0, 0.05) is 24.5 Å². The van der Waals surface area contributed by atoms with E-state index in [1.165, 1.54) is 13.3 Å². The molecule has 5 heteroatoms. The molecular formula is C13H14N4O. The number of hydrogen-bond acceptors (Lipinski definition) is 4. The molecule has 5 nitrogen and oxygen atoms in total. The molecule has 0 aliphatic heterocycles. The Morgan fingerprint density at radius 1 is 1.28 bits per heavy atom. The van der Waals surface area contributed by atoms with Crippen molar-refractivity contribution in [3.05, 3.63) is 48.5 Å². The third kappa shape index (κ3) is 3.55. The molecule has 1 amide bonds. The largest absolute Gasteiger partial charge is 0.379 e. The molecule has 0 bridgehead atoms. The Morgan fingerprint density at radius 2 is 2.11 bits per heavy atom. The standard InChI is InChI=1S/C13H14N4O/c1-10(18)17-12-4-2-3-11(7-12)15-8-13-5-6-14-9-16-13/h2-7,9,15H,8H2,1H3,(H,17,18). The molecule has 2 aromatic rings. The predicted octanol–water partition coefficient (Wildman–Crippen LogP) is 2.05. The molecule has 0 saturated heterocycles. The van der Waals surface area contributed by atoms with Gasteiger partial charge in [-0.15, -0.1) is 0 Å². The van der Waals surface area contributed by atoms with Gasteiger partial charge in [0.2, 0.25) is 5.91 Å². The number of nitrogens with zero attached hydrogens (tertiary/aromatic N) is 2. The van der Waals surface area contributed by atoms with Crippen molar-refractivity contribution in [1.29, 1.82) is 0 Å². The van der Waals surface area contributed by atoms with E-state index < -0.39 is 0 Å². The number of carbonyl (C=O) groups is 1. The monoisotopic (exact) mass is 242 g/mol. The highest BCUT2D eigenvalue weighted by atomic mass is 16.1. The average molecular weight is 242 g/mol. The van der Waals surface area contributed by atoms with Crippen molar-refractivity contribution in [3.8, 4) is 0 Å². The molecule has 1 heterocycles. The minimum absolute atomic E-state index is 0.0806. The second-order valence-corrected chi connectivity index (χ2v) is 3.82. The van der Waals surface area contributed by atoms with Gasteiger partial charge in [-0.1, -0.05) is 6.07 Å². The Hall–Kier alpha value is -2.43. The van der Waals surface area contributed by atoms with Gasteiger partial charge < -0.3 is 10.6 Å². The summed E-state index contributed by atoms with van der Waals surface area (Å²) in [5.41, 5.74) is 2.62. The molecule has 0 spiro atoms. The molecule has 18 heavy (non-hydrogen) atoms. The number of benzene rings is 1. The molecule has 92 valence electrons. The van der Waals surface area contributed by atoms with Crippen LogP contribution in [-0.2, 0) is 11.3 Å². The fourth-order valence-corrected chi connectivity index (χ4v) is 1.53. The summed E-state index contributed by atoms with van der Waals surface area (Å²) in [5, 5.41) is 5.97. The summed E-state index contributed by atoms with van der Waals surface area (Å²) in [6, 6.07) is 9.39. The van der Waals surface area contributed by atoms with Crippen LogP contribution in [0.25, 0.3) is 0 Å². The lowest BCUT2D eigenvalue weighted by atomic mass is 10.2. The summed E-state index contributed by atoms with van der Waals surface area (Å²) in [6.45, 7) is 2.10. The average Bonchev–Trinajstić information content (AvgIpc) is 2.37. The summed E-state index contributed by atoms with van der Waals surface area (Å²) in [5.74, 6) is -0.0806. The molecule has 0 saturated carbocycles. The first kappa shape index (κ1) is 12.0. The zero-order valence-electron chi connectivity index (χ0n) is 10.1. The number of carbonyl (C=O) groups excluding carboxylic acids is 1. The molecule has 0 unspecified atom stereocenters. The summed E-state index contributed by atoms with van der Waals surface area (Å²) in [4.78, 5) is 18.9. The van der Waals surface area contributed by atoms with Gasteiger partial charge in [0.05, 0.1) is 12.2 Å². The van der Waals surface area contributed by atoms with Gasteiger partial charge in [0.25, 0.3) is 0 Å². The summed E-state index contributed by atoms with van der Waals surface area (Å²) in [6.07, 6.45) is 3.22. The Bertz CT molecular complexity index is 528. The van der Waals surface area contributed by atoms with Crippen LogP contribution < -0.4 is 10.6 Å². The van der Waals surface area contributed by atoms with E-state index in [-0.39, 0.29) is 5.91 Å². The first-order valence-corrected chi connectivity index (χ1v) is 5.60. The lowest BCUT2D eigenvalue weighted by molar-refractivity contribution is -0.114. The lowest BCUT2D eigenvalue weighted by Crippen LogP contribution is -2.06. The van der Waals surface area contributed by atoms with E-state index in [0.717, 1.165) is 17.1 Å². The molecule has 2 rings (SSSR count). The van der Waals surface area contributed by atoms with Gasteiger partial charge in [-0.25, -0.2) is 9.97 Å². The van der Waals surface area contributed by atoms with Gasteiger partial charge in [-0.05, 0) is 24.3 Å². The number of amides is 1. The molecule has 0 fully saturated rings. The Balaban J connectivity index is 1.99. The molecule has 1 aromatic heterocycles. The van der Waals surface area contributed by atoms with Crippen LogP contribution >= 0.6 is 0 Å². The maximum absolute atomic E-state index is 11.0. The Kier molecular flexibility index (Phi) is 3.86. The number of anilines is 2. The van der Waals surface area contributed by atoms with Crippen molar-refractivity contribution in [2.75, 3.05) is 10.6 Å². The normalized spacial score (nSPS) is 9.83. The molecule has 0 aliphatic carbocycles. The van der Waals surface area contributed by atoms with E-state index in [4.69, 9.17) is 0 Å². The molecular weight excluding hydrogens is 228 g/mol. The van der Waals surface area contributed by atoms with Crippen molar-refractivity contribution >= 4 is 17.3 Å². The van der Waals surface area contributed by atoms with Crippen LogP contribution in [0.15, 0.2) is 42.9 Å². The third-order valence-corrected chi connectivity index (χ3v) is 2.30. The maximum atomic E-state index is 11.0. The molecule has 0 radical (unpaired) electrons. The fourth-order valence-electron chi connectivity index (χ4n) is 1.53. The van der Waals surface area contributed by atoms with E-state index in [0.29, 0.717) is 6.54 Å². The van der Waals surface area contributed by atoms with Crippen LogP contribution in [-0.4, -0.2) is 15.9 Å². The predicted molar refractivity (Wildman–Crippen MR) is 70.1 cm³/mol. The molecule has 1 aromatic carbocycles. The van der Waals surface area contributed by atoms with E-state index in [9.17, 15) is 4.79 Å². The highest BCUT2D eigenvalue weighted by molar-refractivity contribution is 5.89. The topological polar surface area (TPSA) is 66.9 Å². The van der Waals surface area contributed by atoms with Gasteiger partial charge >= 0.3 is 0 Å². The summed E-state index contributed by atoms with van der Waals surface area (Å²) < 4.78 is 0. The lowest BCUT2D eigenvalue weighted by Gasteiger charge is -2.08. The number of nitrogens with one attached hydrogen (secondary N) is 2. The van der Waals surface area contributed by atoms with Crippen molar-refractivity contribution in [3.63, 3.8) is 0 Å². The quantitative estimate of drug-likeness (QED) is 0.861. The first-order chi connectivity index (χ1) is 8.74. The molecule has 0 atom stereocenters. The zero-order chi connectivity index (χ0) is 12.8. The van der Waals surface area contributed by atoms with Crippen LogP contribution in [0.2, 0.25) is 0 Å². The number of aromatic nitrogens is 2. The number of hydrogen-bond donors (Lipinski definition) is 2. The van der Waals surface area contributed by atoms with Crippen LogP contribution in [0, 0.1) is 0 Å². The maximum Gasteiger partial charge on any atom is 0.221 e. The van der Waals surface area contributed by atoms with Crippen LogP contribution in [0.3, 0.4) is 0 Å². The van der Waals surface area contributed by atoms with E-state index >= 15 is 0 Å². The zero-order valence-corrected chi connectivity index (χ0v) is 10.1. The highest BCUT2D eigenvalue weighted by Crippen LogP contribution is 2.15. The third-order valence-electron chi connectivity index (χ3n) is 2.30.